The van der Waals surface area contributed by atoms with E-state index in [1.54, 1.807) is 6.07 Å². The molecule has 0 atom stereocenters. The molecule has 10 nitrogen and oxygen atoms in total. The number of hydrogen-bond donors (Lipinski definition) is 2. The van der Waals surface area contributed by atoms with Crippen molar-refractivity contribution in [1.29, 1.82) is 0 Å². The van der Waals surface area contributed by atoms with Crippen LogP contribution in [0.3, 0.4) is 0 Å². The molecule has 1 fully saturated rings. The van der Waals surface area contributed by atoms with Crippen LogP contribution in [0.25, 0.3) is 33.1 Å². The molecule has 11 heteroatoms. The molecule has 0 spiro atoms. The SMILES string of the molecule is NC(=O)OC(=O)C1CCC(n2cc(-c3cc4nc(Oc5ccccc5)ccc4cc3Cl)c3c(N)ncnc32)CC1. The second kappa shape index (κ2) is 10.5. The maximum atomic E-state index is 12.2. The van der Waals surface area contributed by atoms with Crippen molar-refractivity contribution in [3.05, 3.63) is 72.1 Å². The van der Waals surface area contributed by atoms with Crippen molar-refractivity contribution < 1.29 is 19.1 Å². The number of nitrogen functional groups attached to an aromatic ring is 1. The summed E-state index contributed by atoms with van der Waals surface area (Å²) in [5, 5.41) is 2.09. The summed E-state index contributed by atoms with van der Waals surface area (Å²) < 4.78 is 12.6. The normalized spacial score (nSPS) is 17.1. The first kappa shape index (κ1) is 25.6. The Kier molecular flexibility index (Phi) is 6.69. The number of rotatable bonds is 5. The number of halogens is 1. The van der Waals surface area contributed by atoms with E-state index in [4.69, 9.17) is 32.8 Å². The summed E-state index contributed by atoms with van der Waals surface area (Å²) in [6, 6.07) is 17.0. The van der Waals surface area contributed by atoms with Gasteiger partial charge in [-0.1, -0.05) is 29.8 Å². The number of nitrogens with zero attached hydrogens (tertiary/aromatic N) is 4. The van der Waals surface area contributed by atoms with Crippen LogP contribution in [0, 0.1) is 5.92 Å². The number of esters is 1. The van der Waals surface area contributed by atoms with Crippen LogP contribution in [0.15, 0.2) is 67.1 Å². The largest absolute Gasteiger partial charge is 0.439 e. The van der Waals surface area contributed by atoms with Crippen LogP contribution in [0.4, 0.5) is 10.6 Å². The first-order valence-corrected chi connectivity index (χ1v) is 13.2. The van der Waals surface area contributed by atoms with Crippen molar-refractivity contribution in [3.8, 4) is 22.8 Å². The number of hydrogen-bond acceptors (Lipinski definition) is 8. The molecule has 6 rings (SSSR count). The van der Waals surface area contributed by atoms with Gasteiger partial charge in [0, 0.05) is 39.8 Å². The molecule has 0 unspecified atom stereocenters. The number of nitrogens with two attached hydrogens (primary N) is 2. The molecule has 3 aromatic heterocycles. The van der Waals surface area contributed by atoms with Gasteiger partial charge in [0.1, 0.15) is 23.5 Å². The summed E-state index contributed by atoms with van der Waals surface area (Å²) in [6.45, 7) is 0. The number of benzene rings is 2. The maximum Gasteiger partial charge on any atom is 0.412 e. The lowest BCUT2D eigenvalue weighted by Gasteiger charge is -2.28. The fourth-order valence-corrected chi connectivity index (χ4v) is 5.63. The highest BCUT2D eigenvalue weighted by Crippen LogP contribution is 2.42. The Hall–Kier alpha value is -4.70. The van der Waals surface area contributed by atoms with Crippen LogP contribution in [0.5, 0.6) is 11.6 Å². The Morgan fingerprint density at radius 1 is 0.975 bits per heavy atom. The fraction of sp³-hybridized carbons (Fsp3) is 0.207. The zero-order valence-corrected chi connectivity index (χ0v) is 22.0. The van der Waals surface area contributed by atoms with Gasteiger partial charge in [-0.25, -0.2) is 19.7 Å². The number of aromatic nitrogens is 4. The lowest BCUT2D eigenvalue weighted by molar-refractivity contribution is -0.143. The van der Waals surface area contributed by atoms with Crippen molar-refractivity contribution in [1.82, 2.24) is 19.5 Å². The number of primary amides is 1. The third-order valence-corrected chi connectivity index (χ3v) is 7.58. The highest BCUT2D eigenvalue weighted by Gasteiger charge is 2.31. The zero-order chi connectivity index (χ0) is 27.8. The van der Waals surface area contributed by atoms with Crippen LogP contribution < -0.4 is 16.2 Å². The number of fused-ring (bicyclic) bond motifs is 2. The fourth-order valence-electron chi connectivity index (χ4n) is 5.36. The predicted molar refractivity (Wildman–Crippen MR) is 151 cm³/mol. The van der Waals surface area contributed by atoms with Gasteiger partial charge >= 0.3 is 12.1 Å². The number of amides is 1. The molecule has 1 aliphatic rings. The molecule has 5 aromatic rings. The van der Waals surface area contributed by atoms with Crippen molar-refractivity contribution >= 4 is 51.4 Å². The standard InChI is InChI=1S/C29H25ClN6O4/c30-22-12-17-8-11-24(39-19-4-2-1-3-5-19)35-23(17)13-20(22)21-14-36(27-25(21)26(31)33-15-34-27)18-9-6-16(7-10-18)28(37)40-29(32)38/h1-5,8,11-16,18H,6-7,9-10H2,(H2,32,38)(H2,31,33,34). The molecule has 2 aromatic carbocycles. The monoisotopic (exact) mass is 556 g/mol. The van der Waals surface area contributed by atoms with Crippen LogP contribution in [0.1, 0.15) is 31.7 Å². The molecule has 40 heavy (non-hydrogen) atoms. The number of pyridine rings is 1. The first-order valence-electron chi connectivity index (χ1n) is 12.8. The molecule has 0 bridgehead atoms. The molecule has 1 amide bonds. The maximum absolute atomic E-state index is 12.2. The van der Waals surface area contributed by atoms with E-state index < -0.39 is 12.1 Å². The Balaban J connectivity index is 1.37. The second-order valence-corrected chi connectivity index (χ2v) is 10.1. The number of carbonyl (C=O) groups is 2. The van der Waals surface area contributed by atoms with Crippen molar-refractivity contribution in [2.75, 3.05) is 5.73 Å². The minimum Gasteiger partial charge on any atom is -0.439 e. The van der Waals surface area contributed by atoms with E-state index in [9.17, 15) is 9.59 Å². The van der Waals surface area contributed by atoms with Crippen molar-refractivity contribution in [2.24, 2.45) is 11.7 Å². The molecule has 202 valence electrons. The highest BCUT2D eigenvalue weighted by molar-refractivity contribution is 6.34. The van der Waals surface area contributed by atoms with Crippen LogP contribution in [-0.2, 0) is 9.53 Å². The second-order valence-electron chi connectivity index (χ2n) is 9.74. The average molecular weight is 557 g/mol. The van der Waals surface area contributed by atoms with E-state index in [-0.39, 0.29) is 12.0 Å². The van der Waals surface area contributed by atoms with Crippen LogP contribution in [0.2, 0.25) is 5.02 Å². The van der Waals surface area contributed by atoms with E-state index in [2.05, 4.69) is 19.3 Å². The summed E-state index contributed by atoms with van der Waals surface area (Å²) in [5.74, 6) is 0.528. The van der Waals surface area contributed by atoms with Gasteiger partial charge < -0.3 is 25.5 Å². The smallest absolute Gasteiger partial charge is 0.412 e. The average Bonchev–Trinajstić information content (AvgIpc) is 3.34. The lowest BCUT2D eigenvalue weighted by Crippen LogP contribution is -2.28. The number of para-hydroxylation sites is 1. The van der Waals surface area contributed by atoms with Crippen molar-refractivity contribution in [3.63, 3.8) is 0 Å². The van der Waals surface area contributed by atoms with Crippen LogP contribution in [-0.4, -0.2) is 31.6 Å². The third-order valence-electron chi connectivity index (χ3n) is 7.27. The Morgan fingerprint density at radius 2 is 1.75 bits per heavy atom. The molecule has 3 heterocycles. The van der Waals surface area contributed by atoms with Gasteiger partial charge in [0.2, 0.25) is 5.88 Å². The molecular formula is C29H25ClN6O4. The van der Waals surface area contributed by atoms with E-state index in [1.807, 2.05) is 54.7 Å². The molecule has 0 saturated heterocycles. The summed E-state index contributed by atoms with van der Waals surface area (Å²) in [6.07, 6.45) is 4.80. The van der Waals surface area contributed by atoms with Gasteiger partial charge in [-0.2, -0.15) is 0 Å². The third kappa shape index (κ3) is 4.89. The van der Waals surface area contributed by atoms with Gasteiger partial charge in [-0.15, -0.1) is 0 Å². The van der Waals surface area contributed by atoms with E-state index in [0.717, 1.165) is 16.5 Å². The number of carbonyl (C=O) groups excluding carboxylic acids is 2. The van der Waals surface area contributed by atoms with E-state index in [1.165, 1.54) is 6.33 Å². The lowest BCUT2D eigenvalue weighted by atomic mass is 9.86. The summed E-state index contributed by atoms with van der Waals surface area (Å²) in [4.78, 5) is 36.7. The van der Waals surface area contributed by atoms with E-state index >= 15 is 0 Å². The molecule has 1 aliphatic carbocycles. The Bertz CT molecular complexity index is 1750. The molecule has 4 N–H and O–H groups in total. The summed E-state index contributed by atoms with van der Waals surface area (Å²) >= 11 is 6.81. The summed E-state index contributed by atoms with van der Waals surface area (Å²) in [5.41, 5.74) is 14.3. The Labute approximate surface area is 233 Å². The molecule has 0 aliphatic heterocycles. The molecule has 0 radical (unpaired) electrons. The van der Waals surface area contributed by atoms with Gasteiger partial charge in [-0.3, -0.25) is 4.79 Å². The Morgan fingerprint density at radius 3 is 2.50 bits per heavy atom. The topological polar surface area (TPSA) is 148 Å². The number of anilines is 1. The number of ether oxygens (including phenoxy) is 2. The van der Waals surface area contributed by atoms with Gasteiger partial charge in [0.05, 0.1) is 16.8 Å². The highest BCUT2D eigenvalue weighted by atomic mass is 35.5. The minimum absolute atomic E-state index is 0.0476. The van der Waals surface area contributed by atoms with Crippen molar-refractivity contribution in [2.45, 2.75) is 31.7 Å². The van der Waals surface area contributed by atoms with E-state index in [0.29, 0.717) is 64.7 Å². The predicted octanol–water partition coefficient (Wildman–Crippen LogP) is 6.03. The quantitative estimate of drug-likeness (QED) is 0.197. The van der Waals surface area contributed by atoms with Gasteiger partial charge in [0.15, 0.2) is 0 Å². The van der Waals surface area contributed by atoms with Crippen LogP contribution >= 0.6 is 11.6 Å². The first-order chi connectivity index (χ1) is 19.4. The zero-order valence-electron chi connectivity index (χ0n) is 21.3. The molecular weight excluding hydrogens is 532 g/mol. The molecule has 1 saturated carbocycles. The van der Waals surface area contributed by atoms with Gasteiger partial charge in [0.25, 0.3) is 0 Å². The summed E-state index contributed by atoms with van der Waals surface area (Å²) in [7, 11) is 0. The van der Waals surface area contributed by atoms with Gasteiger partial charge in [-0.05, 0) is 56.0 Å². The minimum atomic E-state index is -1.08.